The molecule has 1 fully saturated rings. The second-order valence-electron chi connectivity index (χ2n) is 20.5. The van der Waals surface area contributed by atoms with Crippen LogP contribution in [0, 0.1) is 21.7 Å². The van der Waals surface area contributed by atoms with Crippen LogP contribution in [-0.2, 0) is 67.0 Å². The molecule has 1 aliphatic heterocycles. The molecule has 2 aromatic carbocycles. The highest BCUT2D eigenvalue weighted by molar-refractivity contribution is 5.84. The number of H-pyrrole nitrogens is 1. The molecule has 65 heavy (non-hydrogen) atoms. The van der Waals surface area contributed by atoms with Gasteiger partial charge in [0.15, 0.2) is 17.9 Å². The van der Waals surface area contributed by atoms with E-state index in [1.807, 2.05) is 60.7 Å². The normalized spacial score (nSPS) is 19.3. The average molecular weight is 902 g/mol. The lowest BCUT2D eigenvalue weighted by Gasteiger charge is -2.45. The van der Waals surface area contributed by atoms with Crippen LogP contribution in [0.3, 0.4) is 0 Å². The van der Waals surface area contributed by atoms with Crippen LogP contribution in [0.2, 0.25) is 0 Å². The zero-order chi connectivity index (χ0) is 47.7. The number of esters is 4. The molecule has 4 aromatic rings. The van der Waals surface area contributed by atoms with Gasteiger partial charge >= 0.3 is 23.9 Å². The first-order valence-corrected chi connectivity index (χ1v) is 22.2. The summed E-state index contributed by atoms with van der Waals surface area (Å²) in [6.45, 7) is 21.3. The second-order valence-corrected chi connectivity index (χ2v) is 20.5. The van der Waals surface area contributed by atoms with Gasteiger partial charge in [-0.1, -0.05) is 42.5 Å². The Bertz CT molecular complexity index is 2210. The zero-order valence-electron chi connectivity index (χ0n) is 40.0. The lowest BCUT2D eigenvalue weighted by atomic mass is 9.93. The summed E-state index contributed by atoms with van der Waals surface area (Å²) in [4.78, 5) is 58.7. The van der Waals surface area contributed by atoms with Crippen LogP contribution >= 0.6 is 0 Å². The molecule has 0 spiro atoms. The van der Waals surface area contributed by atoms with Gasteiger partial charge in [0.2, 0.25) is 18.3 Å². The summed E-state index contributed by atoms with van der Waals surface area (Å²) < 4.78 is 49.0. The summed E-state index contributed by atoms with van der Waals surface area (Å²) in [6, 6.07) is 19.8. The standard InChI is InChI=1S/C50H67N3O12/c1-47(2,3)43(54)60-30-35-37(62-44(55)48(4,5)6)38(63-45(56)49(7,8)9)39(64-46(57)50(10,11)12)42(61-35)65-41-36-33(25-26-51-40(36)52-53-41)22-19-31-20-23-34(24-21-31)59-28-16-27-58-29-32-17-14-13-15-18-32/h13-15,17-18,20-21,23-26,35,37-39,42H,16,19,22,27-30H2,1-12H3,(H,51,52,53)/t35-,37-,38+,39-,42+/m1/s1. The molecule has 2 aromatic heterocycles. The van der Waals surface area contributed by atoms with Crippen LogP contribution in [0.15, 0.2) is 66.9 Å². The van der Waals surface area contributed by atoms with Crippen molar-refractivity contribution >= 4 is 34.9 Å². The number of benzene rings is 2. The number of aromatic amines is 1. The van der Waals surface area contributed by atoms with Gasteiger partial charge in [0.1, 0.15) is 18.5 Å². The van der Waals surface area contributed by atoms with Crippen molar-refractivity contribution in [3.8, 4) is 11.6 Å². The Hall–Kier alpha value is -5.54. The van der Waals surface area contributed by atoms with E-state index in [1.54, 1.807) is 89.3 Å². The van der Waals surface area contributed by atoms with Gasteiger partial charge in [-0.25, -0.2) is 4.98 Å². The number of hydrogen-bond donors (Lipinski definition) is 1. The molecular weight excluding hydrogens is 835 g/mol. The van der Waals surface area contributed by atoms with Gasteiger partial charge in [-0.15, -0.1) is 5.10 Å². The largest absolute Gasteiger partial charge is 0.494 e. The number of hydrogen-bond acceptors (Lipinski definition) is 14. The predicted octanol–water partition coefficient (Wildman–Crippen LogP) is 8.30. The van der Waals surface area contributed by atoms with E-state index >= 15 is 0 Å². The molecule has 354 valence electrons. The Morgan fingerprint density at radius 3 is 1.83 bits per heavy atom. The number of rotatable bonds is 17. The molecule has 5 atom stereocenters. The van der Waals surface area contributed by atoms with Crippen molar-refractivity contribution in [1.82, 2.24) is 15.2 Å². The number of fused-ring (bicyclic) bond motifs is 1. The first-order chi connectivity index (χ1) is 30.4. The summed E-state index contributed by atoms with van der Waals surface area (Å²) in [5.41, 5.74) is -0.500. The van der Waals surface area contributed by atoms with E-state index in [0.717, 1.165) is 28.9 Å². The summed E-state index contributed by atoms with van der Waals surface area (Å²) in [5, 5.41) is 7.94. The molecule has 1 aliphatic rings. The van der Waals surface area contributed by atoms with E-state index in [1.165, 1.54) is 0 Å². The number of pyridine rings is 1. The maximum atomic E-state index is 13.8. The third-order valence-electron chi connectivity index (χ3n) is 10.3. The summed E-state index contributed by atoms with van der Waals surface area (Å²) >= 11 is 0. The number of carbonyl (C=O) groups is 4. The van der Waals surface area contributed by atoms with E-state index < -0.39 is 82.8 Å². The number of nitrogens with zero attached hydrogens (tertiary/aromatic N) is 2. The topological polar surface area (TPSA) is 184 Å². The highest BCUT2D eigenvalue weighted by Crippen LogP contribution is 2.37. The van der Waals surface area contributed by atoms with Crippen LogP contribution in [0.25, 0.3) is 11.0 Å². The van der Waals surface area contributed by atoms with E-state index in [-0.39, 0.29) is 5.88 Å². The predicted molar refractivity (Wildman–Crippen MR) is 242 cm³/mol. The maximum Gasteiger partial charge on any atom is 0.311 e. The Labute approximate surface area is 382 Å². The van der Waals surface area contributed by atoms with Gasteiger partial charge < -0.3 is 37.9 Å². The number of aromatic nitrogens is 3. The SMILES string of the molecule is CC(C)(C)C(=O)OC[C@H]1O[C@@H](Oc2n[nH]c3nccc(CCc4ccc(OCCCOCc5ccccc5)cc4)c23)[C@H](OC(=O)C(C)(C)C)[C@@H](OC(=O)C(C)(C)C)[C@@H]1OC(=O)C(C)(C)C. The van der Waals surface area contributed by atoms with Crippen LogP contribution < -0.4 is 9.47 Å². The van der Waals surface area contributed by atoms with Gasteiger partial charge in [0, 0.05) is 12.6 Å². The first kappa shape index (κ1) is 50.5. The number of carbonyl (C=O) groups excluding carboxylic acids is 4. The van der Waals surface area contributed by atoms with Crippen LogP contribution in [0.4, 0.5) is 0 Å². The number of nitrogens with one attached hydrogen (secondary N) is 1. The van der Waals surface area contributed by atoms with Gasteiger partial charge in [0.05, 0.1) is 46.9 Å². The van der Waals surface area contributed by atoms with Crippen molar-refractivity contribution in [1.29, 1.82) is 0 Å². The lowest BCUT2D eigenvalue weighted by molar-refractivity contribution is -0.294. The van der Waals surface area contributed by atoms with Crippen molar-refractivity contribution in [2.75, 3.05) is 19.8 Å². The minimum atomic E-state index is -1.52. The summed E-state index contributed by atoms with van der Waals surface area (Å²) in [7, 11) is 0. The second kappa shape index (κ2) is 21.2. The van der Waals surface area contributed by atoms with E-state index in [9.17, 15) is 19.2 Å². The van der Waals surface area contributed by atoms with Crippen LogP contribution in [-0.4, -0.2) is 89.6 Å². The number of aryl methyl sites for hydroxylation is 2. The van der Waals surface area contributed by atoms with Gasteiger partial charge in [-0.3, -0.25) is 24.3 Å². The van der Waals surface area contributed by atoms with Crippen molar-refractivity contribution in [3.05, 3.63) is 83.6 Å². The van der Waals surface area contributed by atoms with Gasteiger partial charge in [-0.05, 0) is 131 Å². The molecule has 1 N–H and O–H groups in total. The smallest absolute Gasteiger partial charge is 0.311 e. The first-order valence-electron chi connectivity index (χ1n) is 22.2. The fraction of sp³-hybridized carbons (Fsp3) is 0.560. The average Bonchev–Trinajstić information content (AvgIpc) is 3.64. The van der Waals surface area contributed by atoms with Crippen LogP contribution in [0.5, 0.6) is 11.6 Å². The molecule has 0 unspecified atom stereocenters. The molecule has 15 nitrogen and oxygen atoms in total. The van der Waals surface area contributed by atoms with E-state index in [0.29, 0.717) is 43.7 Å². The third-order valence-corrected chi connectivity index (χ3v) is 10.3. The highest BCUT2D eigenvalue weighted by Gasteiger charge is 2.56. The molecule has 3 heterocycles. The molecular formula is C50H67N3O12. The molecule has 0 bridgehead atoms. The van der Waals surface area contributed by atoms with E-state index in [4.69, 9.17) is 37.9 Å². The van der Waals surface area contributed by atoms with Crippen LogP contribution in [0.1, 0.15) is 106 Å². The molecule has 0 radical (unpaired) electrons. The van der Waals surface area contributed by atoms with Crippen molar-refractivity contribution < 1.29 is 57.1 Å². The molecule has 0 amide bonds. The molecule has 5 rings (SSSR count). The minimum Gasteiger partial charge on any atom is -0.494 e. The lowest BCUT2D eigenvalue weighted by Crippen LogP contribution is -2.65. The summed E-state index contributed by atoms with van der Waals surface area (Å²) in [6.07, 6.45) is -3.56. The fourth-order valence-corrected chi connectivity index (χ4v) is 6.32. The van der Waals surface area contributed by atoms with E-state index in [2.05, 4.69) is 15.2 Å². The summed E-state index contributed by atoms with van der Waals surface area (Å²) in [5.74, 6) is -1.74. The fourth-order valence-electron chi connectivity index (χ4n) is 6.32. The number of ether oxygens (including phenoxy) is 8. The Morgan fingerprint density at radius 1 is 0.646 bits per heavy atom. The van der Waals surface area contributed by atoms with Crippen molar-refractivity contribution in [2.24, 2.45) is 21.7 Å². The minimum absolute atomic E-state index is 0.0675. The monoisotopic (exact) mass is 901 g/mol. The van der Waals surface area contributed by atoms with Crippen molar-refractivity contribution in [2.45, 2.75) is 140 Å². The molecule has 1 saturated heterocycles. The van der Waals surface area contributed by atoms with Gasteiger partial charge in [0.25, 0.3) is 0 Å². The molecule has 15 heteroatoms. The zero-order valence-corrected chi connectivity index (χ0v) is 40.0. The molecule has 0 aliphatic carbocycles. The Morgan fingerprint density at radius 2 is 1.23 bits per heavy atom. The van der Waals surface area contributed by atoms with Crippen molar-refractivity contribution in [3.63, 3.8) is 0 Å². The Balaban J connectivity index is 1.41. The molecule has 0 saturated carbocycles. The quantitative estimate of drug-likeness (QED) is 0.0606. The van der Waals surface area contributed by atoms with Gasteiger partial charge in [-0.2, -0.15) is 0 Å². The Kier molecular flexibility index (Phi) is 16.4. The maximum absolute atomic E-state index is 13.8. The highest BCUT2D eigenvalue weighted by atomic mass is 16.7. The third kappa shape index (κ3) is 14.2.